The molecule has 0 amide bonds. The van der Waals surface area contributed by atoms with E-state index in [1.807, 2.05) is 0 Å². The SMILES string of the molecule is COc1c(NCC2CC2)sc(C(C)=O)c1N. The van der Waals surface area contributed by atoms with Crippen molar-refractivity contribution in [3.63, 3.8) is 0 Å². The minimum Gasteiger partial charge on any atom is -0.492 e. The summed E-state index contributed by atoms with van der Waals surface area (Å²) in [7, 11) is 1.57. The molecule has 1 heterocycles. The molecule has 0 unspecified atom stereocenters. The number of carbonyl (C=O) groups excluding carboxylic acids is 1. The largest absolute Gasteiger partial charge is 0.492 e. The van der Waals surface area contributed by atoms with Gasteiger partial charge in [-0.2, -0.15) is 0 Å². The van der Waals surface area contributed by atoms with Gasteiger partial charge in [-0.3, -0.25) is 4.79 Å². The molecule has 2 rings (SSSR count). The summed E-state index contributed by atoms with van der Waals surface area (Å²) in [5.41, 5.74) is 6.32. The fraction of sp³-hybridized carbons (Fsp3) is 0.545. The van der Waals surface area contributed by atoms with Crippen LogP contribution in [0.1, 0.15) is 29.4 Å². The van der Waals surface area contributed by atoms with Gasteiger partial charge in [0.15, 0.2) is 11.5 Å². The summed E-state index contributed by atoms with van der Waals surface area (Å²) in [5, 5.41) is 4.18. The van der Waals surface area contributed by atoms with Crippen molar-refractivity contribution in [3.05, 3.63) is 4.88 Å². The van der Waals surface area contributed by atoms with Crippen LogP contribution in [0.15, 0.2) is 0 Å². The zero-order valence-electron chi connectivity index (χ0n) is 9.50. The van der Waals surface area contributed by atoms with E-state index in [0.29, 0.717) is 16.3 Å². The number of rotatable bonds is 5. The number of hydrogen-bond donors (Lipinski definition) is 2. The molecular formula is C11H16N2O2S. The number of thiophene rings is 1. The fourth-order valence-corrected chi connectivity index (χ4v) is 2.56. The van der Waals surface area contributed by atoms with Crippen molar-refractivity contribution in [1.82, 2.24) is 0 Å². The van der Waals surface area contributed by atoms with Gasteiger partial charge in [0.05, 0.1) is 17.7 Å². The van der Waals surface area contributed by atoms with Gasteiger partial charge in [-0.05, 0) is 18.8 Å². The number of ketones is 1. The summed E-state index contributed by atoms with van der Waals surface area (Å²) in [5.74, 6) is 1.37. The molecule has 0 spiro atoms. The number of methoxy groups -OCH3 is 1. The molecule has 1 aliphatic carbocycles. The van der Waals surface area contributed by atoms with Crippen molar-refractivity contribution in [3.8, 4) is 5.75 Å². The Kier molecular flexibility index (Phi) is 3.05. The van der Waals surface area contributed by atoms with Crippen LogP contribution in [-0.2, 0) is 0 Å². The molecule has 1 aliphatic rings. The highest BCUT2D eigenvalue weighted by molar-refractivity contribution is 7.19. The monoisotopic (exact) mass is 240 g/mol. The summed E-state index contributed by atoms with van der Waals surface area (Å²) in [4.78, 5) is 11.9. The van der Waals surface area contributed by atoms with Gasteiger partial charge in [0, 0.05) is 13.5 Å². The zero-order chi connectivity index (χ0) is 11.7. The van der Waals surface area contributed by atoms with Crippen LogP contribution in [-0.4, -0.2) is 19.4 Å². The molecule has 88 valence electrons. The molecule has 4 nitrogen and oxygen atoms in total. The van der Waals surface area contributed by atoms with Crippen molar-refractivity contribution >= 4 is 27.8 Å². The molecule has 0 radical (unpaired) electrons. The molecule has 1 aromatic heterocycles. The maximum atomic E-state index is 11.3. The van der Waals surface area contributed by atoms with E-state index in [1.54, 1.807) is 7.11 Å². The number of nitrogen functional groups attached to an aromatic ring is 1. The third-order valence-corrected chi connectivity index (χ3v) is 3.92. The average Bonchev–Trinajstić information content (AvgIpc) is 3.00. The quantitative estimate of drug-likeness (QED) is 0.775. The standard InChI is InChI=1S/C11H16N2O2S/c1-6(14)10-8(12)9(15-2)11(16-10)13-5-7-3-4-7/h7,13H,3-5,12H2,1-2H3. The molecule has 0 bridgehead atoms. The second-order valence-electron chi connectivity index (χ2n) is 4.09. The predicted octanol–water partition coefficient (Wildman–Crippen LogP) is 2.36. The molecule has 1 fully saturated rings. The van der Waals surface area contributed by atoms with Crippen molar-refractivity contribution in [2.24, 2.45) is 5.92 Å². The van der Waals surface area contributed by atoms with Gasteiger partial charge in [0.25, 0.3) is 0 Å². The first-order valence-corrected chi connectivity index (χ1v) is 6.16. The van der Waals surface area contributed by atoms with E-state index in [4.69, 9.17) is 10.5 Å². The van der Waals surface area contributed by atoms with Gasteiger partial charge in [0.2, 0.25) is 0 Å². The molecular weight excluding hydrogens is 224 g/mol. The van der Waals surface area contributed by atoms with Crippen LogP contribution >= 0.6 is 11.3 Å². The van der Waals surface area contributed by atoms with E-state index in [-0.39, 0.29) is 5.78 Å². The highest BCUT2D eigenvalue weighted by atomic mass is 32.1. The molecule has 1 aromatic rings. The first-order chi connectivity index (χ1) is 7.63. The van der Waals surface area contributed by atoms with Gasteiger partial charge < -0.3 is 15.8 Å². The van der Waals surface area contributed by atoms with Crippen LogP contribution in [0.25, 0.3) is 0 Å². The molecule has 0 atom stereocenters. The number of anilines is 2. The normalized spacial score (nSPS) is 14.9. The molecule has 3 N–H and O–H groups in total. The second-order valence-corrected chi connectivity index (χ2v) is 5.11. The lowest BCUT2D eigenvalue weighted by atomic mass is 10.3. The van der Waals surface area contributed by atoms with Crippen LogP contribution in [0.2, 0.25) is 0 Å². The molecule has 16 heavy (non-hydrogen) atoms. The lowest BCUT2D eigenvalue weighted by Gasteiger charge is -2.05. The number of ether oxygens (including phenoxy) is 1. The van der Waals surface area contributed by atoms with Crippen molar-refractivity contribution in [2.75, 3.05) is 24.7 Å². The van der Waals surface area contributed by atoms with Crippen LogP contribution in [0, 0.1) is 5.92 Å². The van der Waals surface area contributed by atoms with Gasteiger partial charge in [-0.25, -0.2) is 0 Å². The van der Waals surface area contributed by atoms with Crippen LogP contribution in [0.3, 0.4) is 0 Å². The maximum absolute atomic E-state index is 11.3. The first-order valence-electron chi connectivity index (χ1n) is 5.34. The van der Waals surface area contributed by atoms with Crippen LogP contribution in [0.5, 0.6) is 5.75 Å². The van der Waals surface area contributed by atoms with Crippen LogP contribution < -0.4 is 15.8 Å². The lowest BCUT2D eigenvalue weighted by molar-refractivity contribution is 0.102. The van der Waals surface area contributed by atoms with E-state index >= 15 is 0 Å². The molecule has 0 saturated heterocycles. The lowest BCUT2D eigenvalue weighted by Crippen LogP contribution is -2.03. The molecule has 0 aliphatic heterocycles. The highest BCUT2D eigenvalue weighted by Gasteiger charge is 2.24. The Balaban J connectivity index is 2.20. The summed E-state index contributed by atoms with van der Waals surface area (Å²) in [6, 6.07) is 0. The van der Waals surface area contributed by atoms with E-state index in [1.165, 1.54) is 31.1 Å². The van der Waals surface area contributed by atoms with Crippen LogP contribution in [0.4, 0.5) is 10.7 Å². The molecule has 1 saturated carbocycles. The van der Waals surface area contributed by atoms with Crippen molar-refractivity contribution in [2.45, 2.75) is 19.8 Å². The summed E-state index contributed by atoms with van der Waals surface area (Å²) in [6.07, 6.45) is 2.57. The van der Waals surface area contributed by atoms with E-state index in [0.717, 1.165) is 17.5 Å². The smallest absolute Gasteiger partial charge is 0.176 e. The second kappa shape index (κ2) is 4.33. The minimum atomic E-state index is -0.0136. The predicted molar refractivity (Wildman–Crippen MR) is 66.5 cm³/mol. The fourth-order valence-electron chi connectivity index (χ4n) is 1.57. The molecule has 5 heteroatoms. The number of hydrogen-bond acceptors (Lipinski definition) is 5. The number of nitrogens with two attached hydrogens (primary N) is 1. The maximum Gasteiger partial charge on any atom is 0.176 e. The van der Waals surface area contributed by atoms with Gasteiger partial charge in [-0.15, -0.1) is 11.3 Å². The zero-order valence-corrected chi connectivity index (χ0v) is 10.3. The summed E-state index contributed by atoms with van der Waals surface area (Å²) < 4.78 is 5.23. The van der Waals surface area contributed by atoms with E-state index in [2.05, 4.69) is 5.32 Å². The van der Waals surface area contributed by atoms with E-state index < -0.39 is 0 Å². The summed E-state index contributed by atoms with van der Waals surface area (Å²) in [6.45, 7) is 2.46. The Morgan fingerprint density at radius 2 is 2.31 bits per heavy atom. The first kappa shape index (κ1) is 11.3. The van der Waals surface area contributed by atoms with E-state index in [9.17, 15) is 4.79 Å². The highest BCUT2D eigenvalue weighted by Crippen LogP contribution is 2.43. The Morgan fingerprint density at radius 1 is 1.62 bits per heavy atom. The van der Waals surface area contributed by atoms with Crippen molar-refractivity contribution in [1.29, 1.82) is 0 Å². The van der Waals surface area contributed by atoms with Gasteiger partial charge in [-0.1, -0.05) is 0 Å². The number of Topliss-reactive ketones (excluding diaryl/α,β-unsaturated/α-hetero) is 1. The topological polar surface area (TPSA) is 64.3 Å². The number of nitrogens with one attached hydrogen (secondary N) is 1. The number of carbonyl (C=O) groups is 1. The average molecular weight is 240 g/mol. The third-order valence-electron chi connectivity index (χ3n) is 2.67. The van der Waals surface area contributed by atoms with Crippen molar-refractivity contribution < 1.29 is 9.53 Å². The van der Waals surface area contributed by atoms with Gasteiger partial charge in [0.1, 0.15) is 5.00 Å². The summed E-state index contributed by atoms with van der Waals surface area (Å²) >= 11 is 1.38. The Bertz CT molecular complexity index is 410. The Labute approximate surface area is 98.8 Å². The third kappa shape index (κ3) is 2.14. The minimum absolute atomic E-state index is 0.0136. The Morgan fingerprint density at radius 3 is 2.81 bits per heavy atom. The van der Waals surface area contributed by atoms with Gasteiger partial charge >= 0.3 is 0 Å². The molecule has 0 aromatic carbocycles. The Hall–Kier alpha value is -1.23.